The molecule has 1 aromatic rings. The zero-order chi connectivity index (χ0) is 8.97. The van der Waals surface area contributed by atoms with E-state index < -0.39 is 5.92 Å². The van der Waals surface area contributed by atoms with E-state index in [2.05, 4.69) is 25.9 Å². The molecule has 0 aromatic carbocycles. The Morgan fingerprint density at radius 2 is 2.50 bits per heavy atom. The lowest BCUT2D eigenvalue weighted by Gasteiger charge is -2.04. The number of halogens is 1. The summed E-state index contributed by atoms with van der Waals surface area (Å²) in [6, 6.07) is 1.94. The number of aliphatic hydroxyl groups excluding tert-OH is 1. The van der Waals surface area contributed by atoms with Gasteiger partial charge in [-0.15, -0.1) is 0 Å². The first kappa shape index (κ1) is 9.10. The number of hydrogen-bond donors (Lipinski definition) is 1. The van der Waals surface area contributed by atoms with Crippen LogP contribution in [0, 0.1) is 11.3 Å². The van der Waals surface area contributed by atoms with Crippen molar-refractivity contribution >= 4 is 15.9 Å². The maximum atomic E-state index is 8.80. The van der Waals surface area contributed by atoms with Crippen LogP contribution in [0.4, 0.5) is 0 Å². The van der Waals surface area contributed by atoms with E-state index in [-0.39, 0.29) is 6.61 Å². The van der Waals surface area contributed by atoms with Gasteiger partial charge in [-0.3, -0.25) is 0 Å². The Balaban J connectivity index is 3.02. The molecule has 12 heavy (non-hydrogen) atoms. The highest BCUT2D eigenvalue weighted by Crippen LogP contribution is 2.20. The van der Waals surface area contributed by atoms with Gasteiger partial charge in [0.25, 0.3) is 0 Å². The van der Waals surface area contributed by atoms with Crippen LogP contribution in [0.15, 0.2) is 17.0 Å². The molecule has 0 aliphatic heterocycles. The number of rotatable bonds is 2. The number of hydrogen-bond acceptors (Lipinski definition) is 4. The van der Waals surface area contributed by atoms with Gasteiger partial charge in [-0.1, -0.05) is 0 Å². The van der Waals surface area contributed by atoms with Crippen LogP contribution in [0.3, 0.4) is 0 Å². The van der Waals surface area contributed by atoms with Crippen molar-refractivity contribution in [2.75, 3.05) is 6.61 Å². The molecule has 0 radical (unpaired) electrons. The van der Waals surface area contributed by atoms with E-state index >= 15 is 0 Å². The zero-order valence-electron chi connectivity index (χ0n) is 6.11. The van der Waals surface area contributed by atoms with E-state index in [1.807, 2.05) is 6.07 Å². The average molecular weight is 228 g/mol. The molecule has 0 bridgehead atoms. The Kier molecular flexibility index (Phi) is 3.14. The van der Waals surface area contributed by atoms with Crippen molar-refractivity contribution in [1.82, 2.24) is 9.97 Å². The summed E-state index contributed by atoms with van der Waals surface area (Å²) >= 11 is 3.19. The van der Waals surface area contributed by atoms with Crippen LogP contribution < -0.4 is 0 Å². The van der Waals surface area contributed by atoms with Crippen LogP contribution in [-0.4, -0.2) is 21.7 Å². The van der Waals surface area contributed by atoms with E-state index in [0.29, 0.717) is 10.2 Å². The minimum atomic E-state index is -0.581. The third-order valence-electron chi connectivity index (χ3n) is 1.36. The number of aromatic nitrogens is 2. The molecule has 1 N–H and O–H groups in total. The monoisotopic (exact) mass is 227 g/mol. The van der Waals surface area contributed by atoms with Crippen LogP contribution in [0.5, 0.6) is 0 Å². The van der Waals surface area contributed by atoms with Crippen LogP contribution in [0.25, 0.3) is 0 Å². The van der Waals surface area contributed by atoms with E-state index in [1.54, 1.807) is 6.20 Å². The van der Waals surface area contributed by atoms with Gasteiger partial charge in [0.2, 0.25) is 0 Å². The molecule has 1 rings (SSSR count). The van der Waals surface area contributed by atoms with Crippen LogP contribution in [0.2, 0.25) is 0 Å². The molecule has 62 valence electrons. The van der Waals surface area contributed by atoms with Gasteiger partial charge in [0.05, 0.1) is 22.8 Å². The predicted octanol–water partition coefficient (Wildman–Crippen LogP) is 0.839. The lowest BCUT2D eigenvalue weighted by molar-refractivity contribution is 0.283. The van der Waals surface area contributed by atoms with Gasteiger partial charge in [0.15, 0.2) is 0 Å². The molecule has 1 unspecified atom stereocenters. The maximum absolute atomic E-state index is 8.80. The predicted molar refractivity (Wildman–Crippen MR) is 45.2 cm³/mol. The molecule has 0 saturated heterocycles. The van der Waals surface area contributed by atoms with Gasteiger partial charge in [-0.25, -0.2) is 9.97 Å². The Hall–Kier alpha value is -0.990. The fourth-order valence-electron chi connectivity index (χ4n) is 0.767. The number of nitriles is 1. The average Bonchev–Trinajstić information content (AvgIpc) is 2.10. The molecule has 0 amide bonds. The highest BCUT2D eigenvalue weighted by atomic mass is 79.9. The van der Waals surface area contributed by atoms with Gasteiger partial charge in [0, 0.05) is 6.20 Å². The Bertz CT molecular complexity index is 310. The molecule has 4 nitrogen and oxygen atoms in total. The SMILES string of the molecule is N#CC(CO)c1ncncc1Br. The third kappa shape index (κ3) is 1.78. The minimum absolute atomic E-state index is 0.230. The van der Waals surface area contributed by atoms with Crippen LogP contribution >= 0.6 is 15.9 Å². The Labute approximate surface area is 78.0 Å². The third-order valence-corrected chi connectivity index (χ3v) is 1.98. The first-order valence-corrected chi connectivity index (χ1v) is 4.04. The van der Waals surface area contributed by atoms with Crippen molar-refractivity contribution in [2.24, 2.45) is 0 Å². The summed E-state index contributed by atoms with van der Waals surface area (Å²) in [5, 5.41) is 17.4. The molecule has 0 aliphatic rings. The molecule has 0 spiro atoms. The maximum Gasteiger partial charge on any atom is 0.115 e. The highest BCUT2D eigenvalue weighted by Gasteiger charge is 2.13. The standard InChI is InChI=1S/C7H6BrN3O/c8-6-2-10-4-11-7(6)5(1-9)3-12/h2,4-5,12H,3H2. The van der Waals surface area contributed by atoms with E-state index in [1.165, 1.54) is 6.33 Å². The molecule has 0 fully saturated rings. The van der Waals surface area contributed by atoms with Crippen molar-refractivity contribution in [1.29, 1.82) is 5.26 Å². The number of nitrogens with zero attached hydrogens (tertiary/aromatic N) is 3. The van der Waals surface area contributed by atoms with Gasteiger partial charge in [-0.05, 0) is 15.9 Å². The summed E-state index contributed by atoms with van der Waals surface area (Å²) in [6.07, 6.45) is 2.89. The Morgan fingerprint density at radius 3 is 3.00 bits per heavy atom. The van der Waals surface area contributed by atoms with Gasteiger partial charge in [-0.2, -0.15) is 5.26 Å². The van der Waals surface area contributed by atoms with Crippen molar-refractivity contribution in [2.45, 2.75) is 5.92 Å². The number of aliphatic hydroxyl groups is 1. The summed E-state index contributed by atoms with van der Waals surface area (Å²) in [5.74, 6) is -0.581. The lowest BCUT2D eigenvalue weighted by Crippen LogP contribution is -2.04. The first-order chi connectivity index (χ1) is 5.79. The second-order valence-corrected chi connectivity index (χ2v) is 2.97. The molecule has 0 aliphatic carbocycles. The molecular weight excluding hydrogens is 222 g/mol. The minimum Gasteiger partial charge on any atom is -0.395 e. The van der Waals surface area contributed by atoms with Crippen molar-refractivity contribution in [3.05, 3.63) is 22.7 Å². The zero-order valence-corrected chi connectivity index (χ0v) is 7.69. The van der Waals surface area contributed by atoms with E-state index in [4.69, 9.17) is 10.4 Å². The van der Waals surface area contributed by atoms with E-state index in [0.717, 1.165) is 0 Å². The first-order valence-electron chi connectivity index (χ1n) is 3.25. The second-order valence-electron chi connectivity index (χ2n) is 2.12. The summed E-state index contributed by atoms with van der Waals surface area (Å²) in [6.45, 7) is -0.230. The normalized spacial score (nSPS) is 12.1. The van der Waals surface area contributed by atoms with Gasteiger partial charge < -0.3 is 5.11 Å². The van der Waals surface area contributed by atoms with Crippen molar-refractivity contribution in [3.8, 4) is 6.07 Å². The smallest absolute Gasteiger partial charge is 0.115 e. The summed E-state index contributed by atoms with van der Waals surface area (Å²) in [5.41, 5.74) is 0.523. The van der Waals surface area contributed by atoms with Crippen molar-refractivity contribution < 1.29 is 5.11 Å². The molecular formula is C7H6BrN3O. The molecule has 0 saturated carbocycles. The highest BCUT2D eigenvalue weighted by molar-refractivity contribution is 9.10. The molecule has 5 heteroatoms. The molecule has 1 aromatic heterocycles. The quantitative estimate of drug-likeness (QED) is 0.814. The van der Waals surface area contributed by atoms with Crippen LogP contribution in [0.1, 0.15) is 11.6 Å². The summed E-state index contributed by atoms with van der Waals surface area (Å²) < 4.78 is 0.644. The molecule has 1 heterocycles. The summed E-state index contributed by atoms with van der Waals surface area (Å²) in [7, 11) is 0. The van der Waals surface area contributed by atoms with Crippen LogP contribution in [-0.2, 0) is 0 Å². The second kappa shape index (κ2) is 4.14. The Morgan fingerprint density at radius 1 is 1.75 bits per heavy atom. The topological polar surface area (TPSA) is 69.8 Å². The largest absolute Gasteiger partial charge is 0.395 e. The van der Waals surface area contributed by atoms with Crippen molar-refractivity contribution in [3.63, 3.8) is 0 Å². The fraction of sp³-hybridized carbons (Fsp3) is 0.286. The molecule has 1 atom stereocenters. The van der Waals surface area contributed by atoms with Gasteiger partial charge >= 0.3 is 0 Å². The van der Waals surface area contributed by atoms with E-state index in [9.17, 15) is 0 Å². The summed E-state index contributed by atoms with van der Waals surface area (Å²) in [4.78, 5) is 7.63. The lowest BCUT2D eigenvalue weighted by atomic mass is 10.1. The fourth-order valence-corrected chi connectivity index (χ4v) is 1.26. The van der Waals surface area contributed by atoms with Gasteiger partial charge in [0.1, 0.15) is 12.2 Å².